The molecule has 0 spiro atoms. The smallest absolute Gasteiger partial charge is 0.254 e. The first-order chi connectivity index (χ1) is 13.0. The minimum atomic E-state index is -3.78. The molecule has 1 atom stereocenters. The molecule has 0 N–H and O–H groups in total. The Morgan fingerprint density at radius 1 is 0.889 bits per heavy atom. The van der Waals surface area contributed by atoms with Crippen molar-refractivity contribution in [1.29, 1.82) is 0 Å². The Hall–Kier alpha value is -2.56. The molecule has 0 saturated heterocycles. The summed E-state index contributed by atoms with van der Waals surface area (Å²) in [7, 11) is -3.78. The van der Waals surface area contributed by atoms with Gasteiger partial charge in [0, 0.05) is 5.02 Å². The third-order valence-corrected chi connectivity index (χ3v) is 6.84. The molecule has 3 aromatic carbocycles. The average molecular weight is 396 g/mol. The van der Waals surface area contributed by atoms with E-state index in [0.29, 0.717) is 10.7 Å². The lowest BCUT2D eigenvalue weighted by molar-refractivity contribution is 0.586. The quantitative estimate of drug-likeness (QED) is 0.577. The fourth-order valence-electron chi connectivity index (χ4n) is 3.30. The van der Waals surface area contributed by atoms with Gasteiger partial charge in [0.15, 0.2) is 0 Å². The Labute approximate surface area is 164 Å². The topological polar surface area (TPSA) is 37.4 Å². The van der Waals surface area contributed by atoms with Crippen LogP contribution in [0.4, 0.5) is 5.69 Å². The first-order valence-corrected chi connectivity index (χ1v) is 10.4. The molecule has 0 amide bonds. The molecular formula is C22H18ClNO2S. The Morgan fingerprint density at radius 3 is 2.30 bits per heavy atom. The normalized spacial score (nSPS) is 16.2. The number of sulfonamides is 1. The number of rotatable bonds is 3. The van der Waals surface area contributed by atoms with Crippen LogP contribution < -0.4 is 4.31 Å². The summed E-state index contributed by atoms with van der Waals surface area (Å²) >= 11 is 6.41. The van der Waals surface area contributed by atoms with Gasteiger partial charge in [0.1, 0.15) is 0 Å². The second-order valence-electron chi connectivity index (χ2n) is 6.50. The molecule has 4 rings (SSSR count). The van der Waals surface area contributed by atoms with Crippen LogP contribution in [-0.2, 0) is 10.0 Å². The summed E-state index contributed by atoms with van der Waals surface area (Å²) in [6.07, 6.45) is 3.83. The molecule has 136 valence electrons. The van der Waals surface area contributed by atoms with Gasteiger partial charge in [0.05, 0.1) is 16.6 Å². The van der Waals surface area contributed by atoms with Gasteiger partial charge in [-0.2, -0.15) is 0 Å². The highest BCUT2D eigenvalue weighted by atomic mass is 35.5. The van der Waals surface area contributed by atoms with E-state index in [1.54, 1.807) is 18.2 Å². The van der Waals surface area contributed by atoms with Crippen molar-refractivity contribution in [3.05, 3.63) is 101 Å². The van der Waals surface area contributed by atoms with E-state index in [1.807, 2.05) is 73.7 Å². The number of nitrogens with zero attached hydrogens (tertiary/aromatic N) is 1. The summed E-state index contributed by atoms with van der Waals surface area (Å²) in [6.45, 7) is 1.93. The van der Waals surface area contributed by atoms with Crippen molar-refractivity contribution in [3.8, 4) is 0 Å². The van der Waals surface area contributed by atoms with Crippen molar-refractivity contribution in [3.63, 3.8) is 0 Å². The summed E-state index contributed by atoms with van der Waals surface area (Å²) in [5.41, 5.74) is 3.26. The highest BCUT2D eigenvalue weighted by Gasteiger charge is 2.35. The lowest BCUT2D eigenvalue weighted by Crippen LogP contribution is -2.36. The van der Waals surface area contributed by atoms with E-state index in [2.05, 4.69) is 0 Å². The molecule has 1 heterocycles. The number of hydrogen-bond donors (Lipinski definition) is 0. The average Bonchev–Trinajstić information content (AvgIpc) is 2.68. The zero-order valence-electron chi connectivity index (χ0n) is 14.7. The summed E-state index contributed by atoms with van der Waals surface area (Å²) in [4.78, 5) is 0.259. The lowest BCUT2D eigenvalue weighted by atomic mass is 10.00. The van der Waals surface area contributed by atoms with E-state index in [9.17, 15) is 8.42 Å². The van der Waals surface area contributed by atoms with Crippen molar-refractivity contribution in [2.24, 2.45) is 0 Å². The minimum Gasteiger partial charge on any atom is -0.254 e. The zero-order valence-corrected chi connectivity index (χ0v) is 16.3. The van der Waals surface area contributed by atoms with Gasteiger partial charge in [-0.25, -0.2) is 8.42 Å². The number of aryl methyl sites for hydroxylation is 1. The predicted molar refractivity (Wildman–Crippen MR) is 111 cm³/mol. The Morgan fingerprint density at radius 2 is 1.56 bits per heavy atom. The SMILES string of the molecule is Cc1ccc(S(=O)(=O)N2c3ccccc3C=CC2c2ccccc2Cl)cc1. The summed E-state index contributed by atoms with van der Waals surface area (Å²) < 4.78 is 28.7. The van der Waals surface area contributed by atoms with Crippen LogP contribution in [-0.4, -0.2) is 8.42 Å². The number of para-hydroxylation sites is 1. The van der Waals surface area contributed by atoms with E-state index < -0.39 is 16.1 Å². The monoisotopic (exact) mass is 395 g/mol. The number of anilines is 1. The maximum atomic E-state index is 13.6. The van der Waals surface area contributed by atoms with Crippen molar-refractivity contribution < 1.29 is 8.42 Å². The van der Waals surface area contributed by atoms with Gasteiger partial charge in [-0.3, -0.25) is 4.31 Å². The van der Waals surface area contributed by atoms with Crippen molar-refractivity contribution in [2.45, 2.75) is 17.9 Å². The number of hydrogen-bond acceptors (Lipinski definition) is 2. The fourth-order valence-corrected chi connectivity index (χ4v) is 5.16. The minimum absolute atomic E-state index is 0.259. The predicted octanol–water partition coefficient (Wildman–Crippen LogP) is 5.61. The summed E-state index contributed by atoms with van der Waals surface area (Å²) in [5, 5.41) is 0.538. The van der Waals surface area contributed by atoms with Crippen LogP contribution in [0, 0.1) is 6.92 Å². The molecule has 0 radical (unpaired) electrons. The van der Waals surface area contributed by atoms with E-state index >= 15 is 0 Å². The van der Waals surface area contributed by atoms with Crippen LogP contribution in [0.25, 0.3) is 6.08 Å². The fraction of sp³-hybridized carbons (Fsp3) is 0.0909. The molecule has 1 aliphatic heterocycles. The molecule has 27 heavy (non-hydrogen) atoms. The van der Waals surface area contributed by atoms with Crippen molar-refractivity contribution >= 4 is 33.4 Å². The Kier molecular flexibility index (Phi) is 4.54. The van der Waals surface area contributed by atoms with Gasteiger partial charge in [-0.15, -0.1) is 0 Å². The van der Waals surface area contributed by atoms with Crippen molar-refractivity contribution in [1.82, 2.24) is 0 Å². The van der Waals surface area contributed by atoms with E-state index in [-0.39, 0.29) is 4.90 Å². The molecule has 3 aromatic rings. The largest absolute Gasteiger partial charge is 0.265 e. The van der Waals surface area contributed by atoms with E-state index in [1.165, 1.54) is 4.31 Å². The van der Waals surface area contributed by atoms with Crippen LogP contribution in [0.5, 0.6) is 0 Å². The van der Waals surface area contributed by atoms with Gasteiger partial charge in [0.2, 0.25) is 0 Å². The van der Waals surface area contributed by atoms with Crippen LogP contribution in [0.3, 0.4) is 0 Å². The molecule has 5 heteroatoms. The third-order valence-electron chi connectivity index (χ3n) is 4.69. The number of halogens is 1. The van der Waals surface area contributed by atoms with E-state index in [0.717, 1.165) is 16.7 Å². The molecule has 1 aliphatic rings. The Balaban J connectivity index is 1.93. The maximum absolute atomic E-state index is 13.6. The third kappa shape index (κ3) is 3.15. The van der Waals surface area contributed by atoms with Crippen LogP contribution in [0.15, 0.2) is 83.8 Å². The van der Waals surface area contributed by atoms with Gasteiger partial charge < -0.3 is 0 Å². The summed E-state index contributed by atoms with van der Waals surface area (Å²) in [5.74, 6) is 0. The first kappa shape index (κ1) is 17.8. The van der Waals surface area contributed by atoms with Gasteiger partial charge in [0.25, 0.3) is 10.0 Å². The maximum Gasteiger partial charge on any atom is 0.265 e. The highest BCUT2D eigenvalue weighted by Crippen LogP contribution is 2.42. The van der Waals surface area contributed by atoms with Gasteiger partial charge in [-0.1, -0.05) is 77.8 Å². The Bertz CT molecular complexity index is 1120. The molecule has 0 saturated carbocycles. The zero-order chi connectivity index (χ0) is 19.0. The number of fused-ring (bicyclic) bond motifs is 1. The summed E-state index contributed by atoms with van der Waals surface area (Å²) in [6, 6.07) is 21.2. The number of benzene rings is 3. The first-order valence-electron chi connectivity index (χ1n) is 8.61. The molecule has 0 fully saturated rings. The van der Waals surface area contributed by atoms with Crippen LogP contribution >= 0.6 is 11.6 Å². The van der Waals surface area contributed by atoms with Crippen LogP contribution in [0.2, 0.25) is 5.02 Å². The molecule has 3 nitrogen and oxygen atoms in total. The molecule has 0 aromatic heterocycles. The van der Waals surface area contributed by atoms with Gasteiger partial charge >= 0.3 is 0 Å². The van der Waals surface area contributed by atoms with Crippen molar-refractivity contribution in [2.75, 3.05) is 4.31 Å². The lowest BCUT2D eigenvalue weighted by Gasteiger charge is -2.35. The second-order valence-corrected chi connectivity index (χ2v) is 8.72. The van der Waals surface area contributed by atoms with Gasteiger partial charge in [-0.05, 0) is 42.3 Å². The highest BCUT2D eigenvalue weighted by molar-refractivity contribution is 7.92. The molecule has 0 bridgehead atoms. The molecule has 1 unspecified atom stereocenters. The standard InChI is InChI=1S/C22H18ClNO2S/c1-16-10-13-18(14-11-16)27(25,26)24-21-9-5-2-6-17(21)12-15-22(24)19-7-3-4-8-20(19)23/h2-15,22H,1H3. The molecular weight excluding hydrogens is 378 g/mol. The van der Waals surface area contributed by atoms with Crippen LogP contribution in [0.1, 0.15) is 22.7 Å². The second kappa shape index (κ2) is 6.87. The van der Waals surface area contributed by atoms with E-state index in [4.69, 9.17) is 11.6 Å². The molecule has 0 aliphatic carbocycles.